The topological polar surface area (TPSA) is 60.0 Å². The van der Waals surface area contributed by atoms with Crippen LogP contribution < -0.4 is 10.6 Å². The number of likely N-dealkylation sites (tertiary alicyclic amines) is 2. The fourth-order valence-electron chi connectivity index (χ4n) is 8.24. The molecule has 2 aromatic rings. The lowest BCUT2D eigenvalue weighted by molar-refractivity contribution is -0.125. The van der Waals surface area contributed by atoms with Gasteiger partial charge >= 0.3 is 0 Å². The van der Waals surface area contributed by atoms with Crippen molar-refractivity contribution in [2.24, 2.45) is 4.99 Å². The van der Waals surface area contributed by atoms with Crippen LogP contribution in [-0.4, -0.2) is 72.3 Å². The predicted octanol–water partition coefficient (Wildman–Crippen LogP) is 5.64. The van der Waals surface area contributed by atoms with Crippen molar-refractivity contribution in [1.29, 1.82) is 0 Å². The first-order chi connectivity index (χ1) is 20.0. The Morgan fingerprint density at radius 2 is 1.68 bits per heavy atom. The average molecular weight is 556 g/mol. The molecule has 3 fully saturated rings. The van der Waals surface area contributed by atoms with Gasteiger partial charge in [-0.1, -0.05) is 66.8 Å². The minimum absolute atomic E-state index is 0.0736. The smallest absolute Gasteiger partial charge is 0.234 e. The SMILES string of the molecule is Cc1cc(C)cc(CNC2CCCCC2(NC(=O)CN2CCC(N3CCCCC3)CC2)C2C=Nc3ccccc32)c1. The van der Waals surface area contributed by atoms with E-state index in [0.717, 1.165) is 44.6 Å². The molecule has 0 spiro atoms. The minimum Gasteiger partial charge on any atom is -0.347 e. The zero-order valence-corrected chi connectivity index (χ0v) is 25.2. The van der Waals surface area contributed by atoms with Gasteiger partial charge in [0, 0.05) is 43.9 Å². The van der Waals surface area contributed by atoms with Gasteiger partial charge in [-0.25, -0.2) is 0 Å². The van der Waals surface area contributed by atoms with Crippen LogP contribution in [0.2, 0.25) is 0 Å². The second-order valence-corrected chi connectivity index (χ2v) is 13.2. The number of fused-ring (bicyclic) bond motifs is 1. The lowest BCUT2D eigenvalue weighted by atomic mass is 9.67. The van der Waals surface area contributed by atoms with E-state index < -0.39 is 5.54 Å². The Morgan fingerprint density at radius 1 is 0.927 bits per heavy atom. The van der Waals surface area contributed by atoms with E-state index in [-0.39, 0.29) is 17.9 Å². The molecule has 0 aromatic heterocycles. The van der Waals surface area contributed by atoms with E-state index in [0.29, 0.717) is 12.6 Å². The van der Waals surface area contributed by atoms with Crippen molar-refractivity contribution in [3.8, 4) is 0 Å². The molecule has 3 heterocycles. The minimum atomic E-state index is -0.392. The van der Waals surface area contributed by atoms with Gasteiger partial charge in [0.15, 0.2) is 0 Å². The van der Waals surface area contributed by atoms with Gasteiger partial charge in [-0.15, -0.1) is 0 Å². The van der Waals surface area contributed by atoms with Gasteiger partial charge in [0.2, 0.25) is 5.91 Å². The highest BCUT2D eigenvalue weighted by Crippen LogP contribution is 2.45. The highest BCUT2D eigenvalue weighted by atomic mass is 16.2. The molecular formula is C35H49N5O. The number of hydrogen-bond acceptors (Lipinski definition) is 5. The molecule has 2 aromatic carbocycles. The monoisotopic (exact) mass is 555 g/mol. The van der Waals surface area contributed by atoms with E-state index in [1.807, 2.05) is 0 Å². The van der Waals surface area contributed by atoms with Crippen LogP contribution in [0.4, 0.5) is 5.69 Å². The summed E-state index contributed by atoms with van der Waals surface area (Å²) in [5.74, 6) is 0.240. The third-order valence-electron chi connectivity index (χ3n) is 10.2. The van der Waals surface area contributed by atoms with Crippen molar-refractivity contribution in [2.75, 3.05) is 32.7 Å². The van der Waals surface area contributed by atoms with Crippen molar-refractivity contribution in [1.82, 2.24) is 20.4 Å². The van der Waals surface area contributed by atoms with Gasteiger partial charge in [0.25, 0.3) is 0 Å². The number of aliphatic imine (C=N–C) groups is 1. The number of piperidine rings is 2. The lowest BCUT2D eigenvalue weighted by Gasteiger charge is -2.49. The number of amides is 1. The maximum Gasteiger partial charge on any atom is 0.234 e. The van der Waals surface area contributed by atoms with Crippen molar-refractivity contribution >= 4 is 17.8 Å². The summed E-state index contributed by atoms with van der Waals surface area (Å²) in [6, 6.07) is 16.2. The number of nitrogens with one attached hydrogen (secondary N) is 2. The molecule has 2 N–H and O–H groups in total. The van der Waals surface area contributed by atoms with Gasteiger partial charge < -0.3 is 15.5 Å². The molecule has 1 aliphatic carbocycles. The molecule has 0 bridgehead atoms. The normalized spacial score (nSPS) is 27.6. The van der Waals surface area contributed by atoms with Crippen LogP contribution in [0.1, 0.15) is 86.0 Å². The van der Waals surface area contributed by atoms with E-state index in [1.165, 1.54) is 73.9 Å². The van der Waals surface area contributed by atoms with Crippen molar-refractivity contribution < 1.29 is 4.79 Å². The summed E-state index contributed by atoms with van der Waals surface area (Å²) in [6.45, 7) is 10.2. The van der Waals surface area contributed by atoms with E-state index >= 15 is 0 Å². The van der Waals surface area contributed by atoms with E-state index in [2.05, 4.69) is 83.0 Å². The molecule has 4 aliphatic rings. The first-order valence-corrected chi connectivity index (χ1v) is 16.2. The molecule has 0 radical (unpaired) electrons. The summed E-state index contributed by atoms with van der Waals surface area (Å²) in [4.78, 5) is 23.8. The van der Waals surface area contributed by atoms with Crippen LogP contribution in [-0.2, 0) is 11.3 Å². The van der Waals surface area contributed by atoms with Crippen molar-refractivity contribution in [3.63, 3.8) is 0 Å². The molecule has 6 heteroatoms. The van der Waals surface area contributed by atoms with Crippen LogP contribution in [0.25, 0.3) is 0 Å². The van der Waals surface area contributed by atoms with Crippen LogP contribution in [0.15, 0.2) is 47.5 Å². The number of hydrogen-bond donors (Lipinski definition) is 2. The van der Waals surface area contributed by atoms with Crippen LogP contribution in [0.5, 0.6) is 0 Å². The fraction of sp³-hybridized carbons (Fsp3) is 0.600. The number of para-hydroxylation sites is 1. The highest BCUT2D eigenvalue weighted by Gasteiger charge is 2.49. The molecule has 1 amide bonds. The summed E-state index contributed by atoms with van der Waals surface area (Å²) in [5, 5.41) is 7.65. The molecule has 41 heavy (non-hydrogen) atoms. The summed E-state index contributed by atoms with van der Waals surface area (Å²) in [5.41, 5.74) is 5.80. The zero-order valence-electron chi connectivity index (χ0n) is 25.2. The van der Waals surface area contributed by atoms with Gasteiger partial charge in [-0.05, 0) is 82.7 Å². The third-order valence-corrected chi connectivity index (χ3v) is 10.2. The number of benzene rings is 2. The maximum absolute atomic E-state index is 13.9. The quantitative estimate of drug-likeness (QED) is 0.443. The first kappa shape index (κ1) is 28.6. The lowest BCUT2D eigenvalue weighted by Crippen LogP contribution is -2.66. The molecule has 2 saturated heterocycles. The summed E-state index contributed by atoms with van der Waals surface area (Å²) >= 11 is 0. The van der Waals surface area contributed by atoms with E-state index in [1.54, 1.807) is 0 Å². The number of rotatable bonds is 8. The Labute approximate surface area is 247 Å². The second-order valence-electron chi connectivity index (χ2n) is 13.2. The second kappa shape index (κ2) is 12.8. The Bertz CT molecular complexity index is 1210. The Hall–Kier alpha value is -2.54. The molecule has 1 saturated carbocycles. The first-order valence-electron chi connectivity index (χ1n) is 16.2. The van der Waals surface area contributed by atoms with Crippen molar-refractivity contribution in [2.45, 2.75) is 102 Å². The zero-order chi connectivity index (χ0) is 28.2. The van der Waals surface area contributed by atoms with Crippen LogP contribution >= 0.6 is 0 Å². The van der Waals surface area contributed by atoms with Gasteiger partial charge in [0.1, 0.15) is 0 Å². The third kappa shape index (κ3) is 6.45. The van der Waals surface area contributed by atoms with Gasteiger partial charge in [0.05, 0.1) is 17.8 Å². The van der Waals surface area contributed by atoms with E-state index in [9.17, 15) is 4.79 Å². The molecule has 6 nitrogen and oxygen atoms in total. The Kier molecular flexibility index (Phi) is 8.90. The number of nitrogens with zero attached hydrogens (tertiary/aromatic N) is 3. The standard InChI is InChI=1S/C35H49N5O/c1-26-20-27(2)22-28(21-26)23-37-33-12-6-7-15-35(33,31-24-36-32-11-5-4-10-30(31)32)38-34(41)25-39-18-13-29(14-19-39)40-16-8-3-9-17-40/h4-5,10-11,20-22,24,29,31,33,37H,3,6-9,12-19,23,25H2,1-2H3,(H,38,41). The molecular weight excluding hydrogens is 506 g/mol. The summed E-state index contributed by atoms with van der Waals surface area (Å²) in [6.07, 6.45) is 12.9. The molecule has 3 unspecified atom stereocenters. The average Bonchev–Trinajstić information content (AvgIpc) is 3.42. The molecule has 3 atom stereocenters. The largest absolute Gasteiger partial charge is 0.347 e. The molecule has 220 valence electrons. The number of aryl methyl sites for hydroxylation is 2. The fourth-order valence-corrected chi connectivity index (χ4v) is 8.24. The van der Waals surface area contributed by atoms with Crippen LogP contribution in [0.3, 0.4) is 0 Å². The summed E-state index contributed by atoms with van der Waals surface area (Å²) in [7, 11) is 0. The molecule has 3 aliphatic heterocycles. The Balaban J connectivity index is 1.18. The van der Waals surface area contributed by atoms with Gasteiger partial charge in [-0.3, -0.25) is 14.7 Å². The van der Waals surface area contributed by atoms with Crippen molar-refractivity contribution in [3.05, 3.63) is 64.7 Å². The van der Waals surface area contributed by atoms with E-state index in [4.69, 9.17) is 4.99 Å². The number of carbonyl (C=O) groups is 1. The maximum atomic E-state index is 13.9. The van der Waals surface area contributed by atoms with Crippen LogP contribution in [0, 0.1) is 13.8 Å². The predicted molar refractivity (Wildman–Crippen MR) is 168 cm³/mol. The molecule has 6 rings (SSSR count). The number of carbonyl (C=O) groups excluding carboxylic acids is 1. The Morgan fingerprint density at radius 3 is 2.46 bits per heavy atom. The summed E-state index contributed by atoms with van der Waals surface area (Å²) < 4.78 is 0. The highest BCUT2D eigenvalue weighted by molar-refractivity contribution is 5.85. The van der Waals surface area contributed by atoms with Gasteiger partial charge in [-0.2, -0.15) is 0 Å².